The van der Waals surface area contributed by atoms with Crippen molar-refractivity contribution in [3.8, 4) is 11.3 Å². The predicted molar refractivity (Wildman–Crippen MR) is 177 cm³/mol. The van der Waals surface area contributed by atoms with Gasteiger partial charge in [0.15, 0.2) is 11.9 Å². The number of carbonyl (C=O) groups is 1. The highest BCUT2D eigenvalue weighted by Gasteiger charge is 2.40. The lowest BCUT2D eigenvalue weighted by Crippen LogP contribution is -2.49. The number of rotatable bonds is 5. The molecule has 3 aromatic heterocycles. The van der Waals surface area contributed by atoms with Crippen LogP contribution in [-0.4, -0.2) is 66.0 Å². The minimum atomic E-state index is -0.562. The molecule has 1 N–H and O–H groups in total. The van der Waals surface area contributed by atoms with Crippen LogP contribution < -0.4 is 15.8 Å². The number of nitrogens with zero attached hydrogens (tertiary/aromatic N) is 7. The Morgan fingerprint density at radius 2 is 1.93 bits per heavy atom. The summed E-state index contributed by atoms with van der Waals surface area (Å²) in [4.78, 5) is 34.6. The van der Waals surface area contributed by atoms with Crippen LogP contribution in [0.5, 0.6) is 0 Å². The number of aryl methyl sites for hydroxylation is 1. The third-order valence-electron chi connectivity index (χ3n) is 9.67. The zero-order chi connectivity index (χ0) is 32.3. The van der Waals surface area contributed by atoms with Gasteiger partial charge in [-0.25, -0.2) is 9.48 Å². The number of hydrogen-bond donors (Lipinski definition) is 1. The van der Waals surface area contributed by atoms with Gasteiger partial charge in [0.2, 0.25) is 5.95 Å². The molecule has 1 aliphatic carbocycles. The first kappa shape index (κ1) is 31.0. The number of aromatic nitrogens is 6. The number of ether oxygens (including phenoxy) is 2. The Hall–Kier alpha value is -3.64. The summed E-state index contributed by atoms with van der Waals surface area (Å²) < 4.78 is 17.1. The van der Waals surface area contributed by atoms with Gasteiger partial charge in [0.05, 0.1) is 10.5 Å². The zero-order valence-corrected chi connectivity index (χ0v) is 28.0. The van der Waals surface area contributed by atoms with E-state index in [0.717, 1.165) is 62.4 Å². The van der Waals surface area contributed by atoms with Crippen LogP contribution in [0.25, 0.3) is 33.2 Å². The third-order valence-corrected chi connectivity index (χ3v) is 10.1. The van der Waals surface area contributed by atoms with Crippen molar-refractivity contribution < 1.29 is 14.3 Å². The average Bonchev–Trinajstić information content (AvgIpc) is 3.53. The molecule has 0 spiro atoms. The summed E-state index contributed by atoms with van der Waals surface area (Å²) in [5.41, 5.74) is 1.72. The third kappa shape index (κ3) is 5.53. The molecule has 3 saturated heterocycles. The fourth-order valence-corrected chi connectivity index (χ4v) is 7.66. The van der Waals surface area contributed by atoms with Gasteiger partial charge in [-0.2, -0.15) is 15.2 Å². The van der Waals surface area contributed by atoms with Gasteiger partial charge in [-0.3, -0.25) is 14.0 Å². The van der Waals surface area contributed by atoms with Crippen LogP contribution in [0, 0.1) is 5.92 Å². The van der Waals surface area contributed by atoms with Gasteiger partial charge < -0.3 is 19.7 Å². The Morgan fingerprint density at radius 3 is 2.67 bits per heavy atom. The number of nitrogens with one attached hydrogen (secondary N) is 1. The van der Waals surface area contributed by atoms with Gasteiger partial charge in [0.25, 0.3) is 5.56 Å². The molecule has 4 aliphatic rings. The minimum absolute atomic E-state index is 0.00694. The molecule has 1 saturated carbocycles. The zero-order valence-electron chi connectivity index (χ0n) is 27.3. The van der Waals surface area contributed by atoms with Gasteiger partial charge in [0.1, 0.15) is 16.7 Å². The van der Waals surface area contributed by atoms with E-state index < -0.39 is 5.60 Å². The second-order valence-corrected chi connectivity index (χ2v) is 14.3. The Balaban J connectivity index is 1.31. The highest BCUT2D eigenvalue weighted by molar-refractivity contribution is 6.38. The molecule has 1 unspecified atom stereocenters. The lowest BCUT2D eigenvalue weighted by molar-refractivity contribution is -0.0368. The van der Waals surface area contributed by atoms with Gasteiger partial charge in [-0.1, -0.05) is 11.6 Å². The van der Waals surface area contributed by atoms with Crippen molar-refractivity contribution in [1.82, 2.24) is 34.4 Å². The second-order valence-electron chi connectivity index (χ2n) is 13.9. The fourth-order valence-electron chi connectivity index (χ4n) is 7.36. The van der Waals surface area contributed by atoms with Crippen LogP contribution in [0.4, 0.5) is 10.7 Å². The van der Waals surface area contributed by atoms with Crippen molar-refractivity contribution in [2.75, 3.05) is 18.1 Å². The summed E-state index contributed by atoms with van der Waals surface area (Å²) in [6.45, 7) is 9.68. The van der Waals surface area contributed by atoms with Crippen LogP contribution in [-0.2, 0) is 23.1 Å². The number of benzene rings is 1. The smallest absolute Gasteiger partial charge is 0.407 e. The number of carbonyl (C=O) groups excluding carboxylic acids is 1. The van der Waals surface area contributed by atoms with Crippen LogP contribution in [0.3, 0.4) is 0 Å². The van der Waals surface area contributed by atoms with Crippen molar-refractivity contribution in [2.24, 2.45) is 13.0 Å². The first-order valence-electron chi connectivity index (χ1n) is 16.6. The molecular formula is C33H43ClN8O4. The van der Waals surface area contributed by atoms with Crippen molar-refractivity contribution in [2.45, 2.75) is 103 Å². The van der Waals surface area contributed by atoms with Gasteiger partial charge in [0, 0.05) is 56.0 Å². The van der Waals surface area contributed by atoms with E-state index in [9.17, 15) is 9.59 Å². The Bertz CT molecular complexity index is 1850. The van der Waals surface area contributed by atoms with Crippen LogP contribution in [0.15, 0.2) is 23.1 Å². The molecule has 13 heteroatoms. The molecule has 4 atom stereocenters. The van der Waals surface area contributed by atoms with Gasteiger partial charge in [-0.15, -0.1) is 0 Å². The number of hydrogen-bond acceptors (Lipinski definition) is 8. The largest absolute Gasteiger partial charge is 0.444 e. The SMILES string of the molecule is CCn1cc2c(Cl)c(-c3nn(C4CCCCO4)c4nc(N5C[C@H]6CC[C@H]5CC[C@H]6NC(=O)OC(C)(C)C)n(C)c(=O)c34)ccc2n1. The Kier molecular flexibility index (Phi) is 7.99. The maximum Gasteiger partial charge on any atom is 0.407 e. The fraction of sp³-hybridized carbons (Fsp3) is 0.606. The quantitative estimate of drug-likeness (QED) is 0.288. The normalized spacial score (nSPS) is 23.7. The number of amides is 1. The molecule has 1 aromatic carbocycles. The molecule has 46 heavy (non-hydrogen) atoms. The molecule has 4 aromatic rings. The van der Waals surface area contributed by atoms with Crippen molar-refractivity contribution in [3.05, 3.63) is 33.7 Å². The van der Waals surface area contributed by atoms with E-state index in [0.29, 0.717) is 46.4 Å². The lowest BCUT2D eigenvalue weighted by Gasteiger charge is -2.39. The molecule has 246 valence electrons. The van der Waals surface area contributed by atoms with E-state index in [1.807, 2.05) is 50.7 Å². The van der Waals surface area contributed by atoms with E-state index in [2.05, 4.69) is 15.3 Å². The van der Waals surface area contributed by atoms with Crippen molar-refractivity contribution >= 4 is 45.6 Å². The maximum absolute atomic E-state index is 14.4. The summed E-state index contributed by atoms with van der Waals surface area (Å²) in [7, 11) is 1.79. The summed E-state index contributed by atoms with van der Waals surface area (Å²) in [5.74, 6) is 0.815. The first-order chi connectivity index (χ1) is 22.0. The number of alkyl carbamates (subject to hydrolysis) is 1. The molecule has 8 rings (SSSR count). The van der Waals surface area contributed by atoms with E-state index in [-0.39, 0.29) is 35.9 Å². The number of fused-ring (bicyclic) bond motifs is 6. The molecule has 0 radical (unpaired) electrons. The van der Waals surface area contributed by atoms with Gasteiger partial charge >= 0.3 is 6.09 Å². The Labute approximate surface area is 273 Å². The van der Waals surface area contributed by atoms with Crippen LogP contribution in [0.2, 0.25) is 5.02 Å². The second kappa shape index (κ2) is 11.9. The molecule has 4 fully saturated rings. The Morgan fingerprint density at radius 1 is 1.13 bits per heavy atom. The number of piperidine rings is 1. The van der Waals surface area contributed by atoms with E-state index >= 15 is 0 Å². The molecular weight excluding hydrogens is 608 g/mol. The van der Waals surface area contributed by atoms with E-state index in [1.54, 1.807) is 16.3 Å². The molecule has 2 bridgehead atoms. The lowest BCUT2D eigenvalue weighted by atomic mass is 9.92. The van der Waals surface area contributed by atoms with E-state index in [4.69, 9.17) is 31.2 Å². The highest BCUT2D eigenvalue weighted by Crippen LogP contribution is 2.40. The van der Waals surface area contributed by atoms with E-state index in [1.165, 1.54) is 0 Å². The van der Waals surface area contributed by atoms with Crippen LogP contribution in [0.1, 0.15) is 78.9 Å². The average molecular weight is 651 g/mol. The first-order valence-corrected chi connectivity index (χ1v) is 16.9. The monoisotopic (exact) mass is 650 g/mol. The summed E-state index contributed by atoms with van der Waals surface area (Å²) in [6, 6.07) is 4.01. The van der Waals surface area contributed by atoms with Crippen LogP contribution >= 0.6 is 11.6 Å². The van der Waals surface area contributed by atoms with Crippen molar-refractivity contribution in [3.63, 3.8) is 0 Å². The van der Waals surface area contributed by atoms with Crippen molar-refractivity contribution in [1.29, 1.82) is 0 Å². The summed E-state index contributed by atoms with van der Waals surface area (Å²) >= 11 is 7.02. The molecule has 12 nitrogen and oxygen atoms in total. The number of anilines is 1. The molecule has 3 aliphatic heterocycles. The predicted octanol–water partition coefficient (Wildman–Crippen LogP) is 5.79. The minimum Gasteiger partial charge on any atom is -0.444 e. The number of halogens is 1. The standard InChI is InChI=1S/C33H43ClN8O4/c1-6-40-18-22-24(37-40)15-13-21(27(22)34)28-26-29(42(38-28)25-9-7-8-16-45-25)36-31(39(5)30(26)43)41-17-19-10-11-20(41)12-14-23(19)35-32(44)46-33(2,3)4/h13,15,18-20,23,25H,6-12,14,16-17H2,1-5H3,(H,35,44)/t19-,20+,23-,25?/m1/s1. The highest BCUT2D eigenvalue weighted by atomic mass is 35.5. The summed E-state index contributed by atoms with van der Waals surface area (Å²) in [5, 5.41) is 14.5. The molecule has 6 heterocycles. The molecule has 1 amide bonds. The topological polar surface area (TPSA) is 121 Å². The van der Waals surface area contributed by atoms with Gasteiger partial charge in [-0.05, 0) is 90.7 Å². The summed E-state index contributed by atoms with van der Waals surface area (Å²) in [6.07, 6.45) is 7.66. The maximum atomic E-state index is 14.4.